The summed E-state index contributed by atoms with van der Waals surface area (Å²) >= 11 is 6.23. The molecule has 0 saturated carbocycles. The SMILES string of the molecule is CC(C)(c1ccccc1)c1ccc(OCc2ccc(C(=O)Nc3ccn(Cc4ccccc4Cl)n3)o2)cc1. The van der Waals surface area contributed by atoms with Gasteiger partial charge in [-0.2, -0.15) is 5.10 Å². The van der Waals surface area contributed by atoms with Crippen molar-refractivity contribution in [3.63, 3.8) is 0 Å². The molecule has 0 bridgehead atoms. The van der Waals surface area contributed by atoms with Crippen LogP contribution in [0.4, 0.5) is 5.82 Å². The Morgan fingerprint density at radius 1 is 0.921 bits per heavy atom. The van der Waals surface area contributed by atoms with Gasteiger partial charge >= 0.3 is 0 Å². The number of rotatable bonds is 9. The Morgan fingerprint density at radius 3 is 2.39 bits per heavy atom. The molecule has 38 heavy (non-hydrogen) atoms. The van der Waals surface area contributed by atoms with Gasteiger partial charge in [0, 0.05) is 22.7 Å². The molecule has 2 aromatic heterocycles. The molecule has 6 nitrogen and oxygen atoms in total. The van der Waals surface area contributed by atoms with E-state index in [0.717, 1.165) is 11.3 Å². The van der Waals surface area contributed by atoms with Crippen molar-refractivity contribution in [1.29, 1.82) is 0 Å². The number of halogens is 1. The van der Waals surface area contributed by atoms with E-state index in [2.05, 4.69) is 60.7 Å². The molecule has 0 saturated heterocycles. The number of amides is 1. The zero-order valence-corrected chi connectivity index (χ0v) is 22.0. The van der Waals surface area contributed by atoms with Crippen LogP contribution in [0.5, 0.6) is 5.75 Å². The van der Waals surface area contributed by atoms with Gasteiger partial charge in [-0.05, 0) is 47.0 Å². The van der Waals surface area contributed by atoms with E-state index in [1.807, 2.05) is 42.5 Å². The first-order chi connectivity index (χ1) is 18.4. The third-order valence-electron chi connectivity index (χ3n) is 6.51. The molecule has 7 heteroatoms. The van der Waals surface area contributed by atoms with E-state index >= 15 is 0 Å². The standard InChI is InChI=1S/C31H28ClN3O3/c1-31(2,23-9-4-3-5-10-23)24-12-14-25(15-13-24)37-21-26-16-17-28(38-26)30(36)33-29-18-19-35(34-29)20-22-8-6-7-11-27(22)32/h3-19H,20-21H2,1-2H3,(H,33,34,36). The van der Waals surface area contributed by atoms with Gasteiger partial charge in [-0.1, -0.05) is 86.1 Å². The van der Waals surface area contributed by atoms with Gasteiger partial charge < -0.3 is 14.5 Å². The van der Waals surface area contributed by atoms with Crippen molar-refractivity contribution in [1.82, 2.24) is 9.78 Å². The maximum absolute atomic E-state index is 12.7. The van der Waals surface area contributed by atoms with Gasteiger partial charge in [0.25, 0.3) is 5.91 Å². The van der Waals surface area contributed by atoms with Crippen molar-refractivity contribution >= 4 is 23.3 Å². The quantitative estimate of drug-likeness (QED) is 0.218. The van der Waals surface area contributed by atoms with E-state index in [9.17, 15) is 4.79 Å². The summed E-state index contributed by atoms with van der Waals surface area (Å²) in [6, 6.07) is 31.1. The number of benzene rings is 3. The van der Waals surface area contributed by atoms with Gasteiger partial charge in [0.1, 0.15) is 18.1 Å². The first-order valence-electron chi connectivity index (χ1n) is 12.3. The lowest BCUT2D eigenvalue weighted by Gasteiger charge is -2.26. The minimum absolute atomic E-state index is 0.118. The van der Waals surface area contributed by atoms with Crippen LogP contribution in [0.25, 0.3) is 0 Å². The zero-order valence-electron chi connectivity index (χ0n) is 21.2. The van der Waals surface area contributed by atoms with Crippen molar-refractivity contribution in [2.24, 2.45) is 0 Å². The average molecular weight is 526 g/mol. The molecule has 0 spiro atoms. The Morgan fingerprint density at radius 2 is 1.63 bits per heavy atom. The predicted molar refractivity (Wildman–Crippen MR) is 149 cm³/mol. The third-order valence-corrected chi connectivity index (χ3v) is 6.88. The molecule has 0 aliphatic carbocycles. The highest BCUT2D eigenvalue weighted by atomic mass is 35.5. The van der Waals surface area contributed by atoms with Crippen molar-refractivity contribution in [2.75, 3.05) is 5.32 Å². The molecule has 1 amide bonds. The largest absolute Gasteiger partial charge is 0.486 e. The monoisotopic (exact) mass is 525 g/mol. The number of carbonyl (C=O) groups is 1. The highest BCUT2D eigenvalue weighted by Gasteiger charge is 2.22. The summed E-state index contributed by atoms with van der Waals surface area (Å²) < 4.78 is 13.3. The fourth-order valence-corrected chi connectivity index (χ4v) is 4.41. The molecule has 192 valence electrons. The van der Waals surface area contributed by atoms with Crippen LogP contribution < -0.4 is 10.1 Å². The average Bonchev–Trinajstić information content (AvgIpc) is 3.59. The fraction of sp³-hybridized carbons (Fsp3) is 0.161. The van der Waals surface area contributed by atoms with Crippen LogP contribution in [-0.2, 0) is 18.6 Å². The van der Waals surface area contributed by atoms with Crippen LogP contribution in [-0.4, -0.2) is 15.7 Å². The number of ether oxygens (including phenoxy) is 1. The summed E-state index contributed by atoms with van der Waals surface area (Å²) in [5.41, 5.74) is 3.28. The van der Waals surface area contributed by atoms with E-state index in [1.54, 1.807) is 29.1 Å². The fourth-order valence-electron chi connectivity index (χ4n) is 4.22. The topological polar surface area (TPSA) is 69.3 Å². The van der Waals surface area contributed by atoms with Crippen LogP contribution in [0, 0.1) is 0 Å². The lowest BCUT2D eigenvalue weighted by atomic mass is 9.78. The molecule has 1 N–H and O–H groups in total. The summed E-state index contributed by atoms with van der Waals surface area (Å²) in [6.45, 7) is 5.12. The number of nitrogens with zero attached hydrogens (tertiary/aromatic N) is 2. The second-order valence-electron chi connectivity index (χ2n) is 9.51. The minimum Gasteiger partial charge on any atom is -0.486 e. The van der Waals surface area contributed by atoms with Crippen molar-refractivity contribution in [3.8, 4) is 5.75 Å². The van der Waals surface area contributed by atoms with Crippen molar-refractivity contribution in [3.05, 3.63) is 136 Å². The summed E-state index contributed by atoms with van der Waals surface area (Å²) in [7, 11) is 0. The molecule has 0 unspecified atom stereocenters. The van der Waals surface area contributed by atoms with Gasteiger partial charge in [-0.15, -0.1) is 0 Å². The van der Waals surface area contributed by atoms with Gasteiger partial charge in [0.2, 0.25) is 0 Å². The Bertz CT molecular complexity index is 1520. The Hall–Kier alpha value is -4.29. The van der Waals surface area contributed by atoms with Gasteiger partial charge in [0.05, 0.1) is 6.54 Å². The Labute approximate surface area is 226 Å². The van der Waals surface area contributed by atoms with Crippen LogP contribution in [0.3, 0.4) is 0 Å². The van der Waals surface area contributed by atoms with Crippen molar-refractivity contribution in [2.45, 2.75) is 32.4 Å². The predicted octanol–water partition coefficient (Wildman–Crippen LogP) is 7.34. The lowest BCUT2D eigenvalue weighted by Crippen LogP contribution is -2.18. The van der Waals surface area contributed by atoms with Gasteiger partial charge in [-0.3, -0.25) is 9.48 Å². The molecule has 2 heterocycles. The number of nitrogens with one attached hydrogen (secondary N) is 1. The van der Waals surface area contributed by atoms with Crippen LogP contribution in [0.1, 0.15) is 46.9 Å². The number of furan rings is 1. The van der Waals surface area contributed by atoms with E-state index in [0.29, 0.717) is 23.1 Å². The smallest absolute Gasteiger partial charge is 0.292 e. The zero-order chi connectivity index (χ0) is 26.5. The third kappa shape index (κ3) is 5.82. The van der Waals surface area contributed by atoms with Crippen LogP contribution in [0.15, 0.2) is 108 Å². The molecular weight excluding hydrogens is 498 g/mol. The first kappa shape index (κ1) is 25.4. The summed E-state index contributed by atoms with van der Waals surface area (Å²) in [6.07, 6.45) is 1.78. The number of carbonyl (C=O) groups excluding carboxylic acids is 1. The second-order valence-corrected chi connectivity index (χ2v) is 9.92. The highest BCUT2D eigenvalue weighted by molar-refractivity contribution is 6.31. The van der Waals surface area contributed by atoms with Gasteiger partial charge in [0.15, 0.2) is 11.6 Å². The summed E-state index contributed by atoms with van der Waals surface area (Å²) in [4.78, 5) is 12.7. The molecule has 0 atom stereocenters. The Balaban J connectivity index is 1.15. The second kappa shape index (κ2) is 11.0. The van der Waals surface area contributed by atoms with Crippen molar-refractivity contribution < 1.29 is 13.9 Å². The number of hydrogen-bond acceptors (Lipinski definition) is 4. The van der Waals surface area contributed by atoms with E-state index in [1.165, 1.54) is 11.1 Å². The van der Waals surface area contributed by atoms with Gasteiger partial charge in [-0.25, -0.2) is 0 Å². The summed E-state index contributed by atoms with van der Waals surface area (Å²) in [5, 5.41) is 7.83. The highest BCUT2D eigenvalue weighted by Crippen LogP contribution is 2.32. The van der Waals surface area contributed by atoms with E-state index < -0.39 is 0 Å². The summed E-state index contributed by atoms with van der Waals surface area (Å²) in [5.74, 6) is 1.50. The molecule has 5 rings (SSSR count). The lowest BCUT2D eigenvalue weighted by molar-refractivity contribution is 0.0992. The number of anilines is 1. The normalized spacial score (nSPS) is 11.3. The molecular formula is C31H28ClN3O3. The number of hydrogen-bond donors (Lipinski definition) is 1. The maximum Gasteiger partial charge on any atom is 0.292 e. The Kier molecular flexibility index (Phi) is 7.33. The molecule has 0 aliphatic rings. The molecule has 0 radical (unpaired) electrons. The van der Waals surface area contributed by atoms with E-state index in [-0.39, 0.29) is 23.7 Å². The molecule has 0 fully saturated rings. The van der Waals surface area contributed by atoms with E-state index in [4.69, 9.17) is 20.8 Å². The number of aromatic nitrogens is 2. The minimum atomic E-state index is -0.383. The molecule has 3 aromatic carbocycles. The molecule has 0 aliphatic heterocycles. The first-order valence-corrected chi connectivity index (χ1v) is 12.7. The maximum atomic E-state index is 12.7. The van der Waals surface area contributed by atoms with Crippen LogP contribution in [0.2, 0.25) is 5.02 Å². The molecule has 5 aromatic rings. The van der Waals surface area contributed by atoms with Crippen LogP contribution >= 0.6 is 11.6 Å².